The molecule has 0 aliphatic heterocycles. The lowest BCUT2D eigenvalue weighted by Crippen LogP contribution is -2.10. The van der Waals surface area contributed by atoms with Crippen molar-refractivity contribution < 1.29 is 14.7 Å². The first-order valence-electron chi connectivity index (χ1n) is 5.68. The SMILES string of the molecule is O=C(O)c1ccccc1C(=O)Cc1ccc(I)cc1. The van der Waals surface area contributed by atoms with Crippen LogP contribution in [0.15, 0.2) is 48.5 Å². The van der Waals surface area contributed by atoms with Crippen LogP contribution in [0, 0.1) is 3.57 Å². The molecule has 0 radical (unpaired) electrons. The molecule has 19 heavy (non-hydrogen) atoms. The van der Waals surface area contributed by atoms with Gasteiger partial charge in [0.1, 0.15) is 0 Å². The van der Waals surface area contributed by atoms with Gasteiger partial charge in [-0.3, -0.25) is 4.79 Å². The Morgan fingerprint density at radius 3 is 2.11 bits per heavy atom. The van der Waals surface area contributed by atoms with Crippen molar-refractivity contribution in [3.8, 4) is 0 Å². The molecular weight excluding hydrogens is 355 g/mol. The molecule has 0 heterocycles. The minimum absolute atomic E-state index is 0.0537. The molecule has 0 bridgehead atoms. The molecule has 0 saturated carbocycles. The molecular formula is C15H11IO3. The molecule has 0 unspecified atom stereocenters. The van der Waals surface area contributed by atoms with Crippen molar-refractivity contribution in [2.45, 2.75) is 6.42 Å². The van der Waals surface area contributed by atoms with Crippen LogP contribution in [-0.4, -0.2) is 16.9 Å². The van der Waals surface area contributed by atoms with Crippen molar-refractivity contribution >= 4 is 34.3 Å². The van der Waals surface area contributed by atoms with Gasteiger partial charge in [-0.05, 0) is 46.4 Å². The lowest BCUT2D eigenvalue weighted by atomic mass is 9.98. The van der Waals surface area contributed by atoms with Gasteiger partial charge in [-0.2, -0.15) is 0 Å². The van der Waals surface area contributed by atoms with Gasteiger partial charge < -0.3 is 5.11 Å². The fourth-order valence-electron chi connectivity index (χ4n) is 1.80. The van der Waals surface area contributed by atoms with E-state index in [1.54, 1.807) is 18.2 Å². The molecule has 4 heteroatoms. The summed E-state index contributed by atoms with van der Waals surface area (Å²) in [4.78, 5) is 23.2. The van der Waals surface area contributed by atoms with Crippen LogP contribution in [0.25, 0.3) is 0 Å². The van der Waals surface area contributed by atoms with E-state index in [9.17, 15) is 9.59 Å². The monoisotopic (exact) mass is 366 g/mol. The second kappa shape index (κ2) is 5.97. The van der Waals surface area contributed by atoms with Crippen LogP contribution in [-0.2, 0) is 6.42 Å². The maximum Gasteiger partial charge on any atom is 0.336 e. The number of carboxylic acid groups (broad SMARTS) is 1. The van der Waals surface area contributed by atoms with Crippen LogP contribution in [0.3, 0.4) is 0 Å². The summed E-state index contributed by atoms with van der Waals surface area (Å²) in [5.74, 6) is -1.26. The normalized spacial score (nSPS) is 10.2. The summed E-state index contributed by atoms with van der Waals surface area (Å²) in [6.45, 7) is 0. The van der Waals surface area contributed by atoms with E-state index in [1.165, 1.54) is 6.07 Å². The van der Waals surface area contributed by atoms with Crippen LogP contribution in [0.1, 0.15) is 26.3 Å². The van der Waals surface area contributed by atoms with Gasteiger partial charge in [0.2, 0.25) is 0 Å². The van der Waals surface area contributed by atoms with Crippen molar-refractivity contribution in [2.24, 2.45) is 0 Å². The molecule has 0 atom stereocenters. The molecule has 0 aromatic heterocycles. The van der Waals surface area contributed by atoms with Crippen molar-refractivity contribution in [3.63, 3.8) is 0 Å². The Morgan fingerprint density at radius 1 is 0.947 bits per heavy atom. The molecule has 0 aliphatic rings. The molecule has 0 aliphatic carbocycles. The number of halogens is 1. The average molecular weight is 366 g/mol. The van der Waals surface area contributed by atoms with E-state index >= 15 is 0 Å². The van der Waals surface area contributed by atoms with Crippen molar-refractivity contribution in [3.05, 3.63) is 68.8 Å². The third kappa shape index (κ3) is 3.41. The first-order chi connectivity index (χ1) is 9.08. The minimum atomic E-state index is -1.08. The fraction of sp³-hybridized carbons (Fsp3) is 0.0667. The molecule has 1 N–H and O–H groups in total. The number of carboxylic acids is 1. The molecule has 2 aromatic carbocycles. The molecule has 2 aromatic rings. The lowest BCUT2D eigenvalue weighted by molar-refractivity contribution is 0.0692. The second-order valence-electron chi connectivity index (χ2n) is 4.08. The van der Waals surface area contributed by atoms with E-state index in [0.717, 1.165) is 9.13 Å². The third-order valence-electron chi connectivity index (χ3n) is 2.74. The zero-order chi connectivity index (χ0) is 13.8. The van der Waals surface area contributed by atoms with E-state index in [4.69, 9.17) is 5.11 Å². The highest BCUT2D eigenvalue weighted by Gasteiger charge is 2.15. The van der Waals surface area contributed by atoms with Crippen molar-refractivity contribution in [2.75, 3.05) is 0 Å². The number of Topliss-reactive ketones (excluding diaryl/α,β-unsaturated/α-hetero) is 1. The Morgan fingerprint density at radius 2 is 1.53 bits per heavy atom. The highest BCUT2D eigenvalue weighted by molar-refractivity contribution is 14.1. The highest BCUT2D eigenvalue weighted by Crippen LogP contribution is 2.14. The topological polar surface area (TPSA) is 54.4 Å². The summed E-state index contributed by atoms with van der Waals surface area (Å²) < 4.78 is 1.10. The number of carbonyl (C=O) groups is 2. The number of carbonyl (C=O) groups excluding carboxylic acids is 1. The Hall–Kier alpha value is -1.69. The highest BCUT2D eigenvalue weighted by atomic mass is 127. The number of aromatic carboxylic acids is 1. The van der Waals surface area contributed by atoms with E-state index in [2.05, 4.69) is 22.6 Å². The van der Waals surface area contributed by atoms with Gasteiger partial charge in [0.25, 0.3) is 0 Å². The molecule has 2 rings (SSSR count). The molecule has 0 spiro atoms. The number of hydrogen-bond donors (Lipinski definition) is 1. The standard InChI is InChI=1S/C15H11IO3/c16-11-7-5-10(6-8-11)9-14(17)12-3-1-2-4-13(12)15(18)19/h1-8H,9H2,(H,18,19). The van der Waals surface area contributed by atoms with Crippen LogP contribution in [0.2, 0.25) is 0 Å². The largest absolute Gasteiger partial charge is 0.478 e. The van der Waals surface area contributed by atoms with Gasteiger partial charge in [-0.25, -0.2) is 4.79 Å². The summed E-state index contributed by atoms with van der Waals surface area (Å²) in [5.41, 5.74) is 1.19. The van der Waals surface area contributed by atoms with Gasteiger partial charge in [0.05, 0.1) is 5.56 Å². The number of hydrogen-bond acceptors (Lipinski definition) is 2. The third-order valence-corrected chi connectivity index (χ3v) is 3.45. The van der Waals surface area contributed by atoms with Gasteiger partial charge >= 0.3 is 5.97 Å². The molecule has 0 saturated heterocycles. The average Bonchev–Trinajstić information content (AvgIpc) is 2.41. The Bertz CT molecular complexity index is 618. The van der Waals surface area contributed by atoms with Gasteiger partial charge in [0.15, 0.2) is 5.78 Å². The Balaban J connectivity index is 2.25. The van der Waals surface area contributed by atoms with Gasteiger partial charge in [-0.1, -0.05) is 30.3 Å². The van der Waals surface area contributed by atoms with Crippen molar-refractivity contribution in [1.82, 2.24) is 0 Å². The van der Waals surface area contributed by atoms with Crippen molar-refractivity contribution in [1.29, 1.82) is 0 Å². The smallest absolute Gasteiger partial charge is 0.336 e. The van der Waals surface area contributed by atoms with Gasteiger partial charge in [0, 0.05) is 15.6 Å². The van der Waals surface area contributed by atoms with Crippen LogP contribution in [0.4, 0.5) is 0 Å². The first-order valence-corrected chi connectivity index (χ1v) is 6.76. The van der Waals surface area contributed by atoms with E-state index in [-0.39, 0.29) is 23.3 Å². The maximum absolute atomic E-state index is 12.2. The lowest BCUT2D eigenvalue weighted by Gasteiger charge is -2.05. The number of ketones is 1. The summed E-state index contributed by atoms with van der Waals surface area (Å²) in [6.07, 6.45) is 0.210. The fourth-order valence-corrected chi connectivity index (χ4v) is 2.16. The zero-order valence-electron chi connectivity index (χ0n) is 9.97. The quantitative estimate of drug-likeness (QED) is 0.667. The number of benzene rings is 2. The van der Waals surface area contributed by atoms with Gasteiger partial charge in [-0.15, -0.1) is 0 Å². The van der Waals surface area contributed by atoms with E-state index in [0.29, 0.717) is 0 Å². The van der Waals surface area contributed by atoms with E-state index < -0.39 is 5.97 Å². The summed E-state index contributed by atoms with van der Waals surface area (Å²) in [5, 5.41) is 9.06. The molecule has 3 nitrogen and oxygen atoms in total. The molecule has 96 valence electrons. The number of rotatable bonds is 4. The van der Waals surface area contributed by atoms with E-state index in [1.807, 2.05) is 24.3 Å². The predicted molar refractivity (Wildman–Crippen MR) is 80.6 cm³/mol. The molecule has 0 amide bonds. The zero-order valence-corrected chi connectivity index (χ0v) is 12.1. The summed E-state index contributed by atoms with van der Waals surface area (Å²) >= 11 is 2.19. The summed E-state index contributed by atoms with van der Waals surface area (Å²) in [6, 6.07) is 13.9. The maximum atomic E-state index is 12.2. The van der Waals surface area contributed by atoms with Crippen LogP contribution < -0.4 is 0 Å². The second-order valence-corrected chi connectivity index (χ2v) is 5.32. The first kappa shape index (κ1) is 13.7. The Labute approximate surface area is 124 Å². The van der Waals surface area contributed by atoms with Crippen LogP contribution in [0.5, 0.6) is 0 Å². The molecule has 0 fully saturated rings. The minimum Gasteiger partial charge on any atom is -0.478 e. The summed E-state index contributed by atoms with van der Waals surface area (Å²) in [7, 11) is 0. The predicted octanol–water partition coefficient (Wildman–Crippen LogP) is 3.41. The van der Waals surface area contributed by atoms with Crippen LogP contribution >= 0.6 is 22.6 Å². The Kier molecular flexibility index (Phi) is 4.31.